The van der Waals surface area contributed by atoms with Gasteiger partial charge in [-0.15, -0.1) is 0 Å². The summed E-state index contributed by atoms with van der Waals surface area (Å²) in [7, 11) is 1.38. The van der Waals surface area contributed by atoms with E-state index in [2.05, 4.69) is 26.0 Å². The van der Waals surface area contributed by atoms with Crippen molar-refractivity contribution in [3.63, 3.8) is 0 Å². The Labute approximate surface area is 233 Å². The van der Waals surface area contributed by atoms with Gasteiger partial charge in [-0.25, -0.2) is 14.2 Å². The maximum Gasteiger partial charge on any atom is 0.338 e. The van der Waals surface area contributed by atoms with Crippen LogP contribution in [0.25, 0.3) is 0 Å². The van der Waals surface area contributed by atoms with Crippen molar-refractivity contribution in [2.45, 2.75) is 39.2 Å². The summed E-state index contributed by atoms with van der Waals surface area (Å²) < 4.78 is 19.4. The summed E-state index contributed by atoms with van der Waals surface area (Å²) in [5, 5.41) is 2.69. The fraction of sp³-hybridized carbons (Fsp3) is 0.367. The van der Waals surface area contributed by atoms with Crippen LogP contribution in [0.5, 0.6) is 0 Å². The minimum Gasteiger partial charge on any atom is -0.466 e. The van der Waals surface area contributed by atoms with Crippen molar-refractivity contribution in [1.82, 2.24) is 9.80 Å². The number of nitrogens with zero attached hydrogens (tertiary/aromatic N) is 4. The van der Waals surface area contributed by atoms with Crippen LogP contribution < -0.4 is 4.90 Å². The highest BCUT2D eigenvalue weighted by atomic mass is 32.2. The van der Waals surface area contributed by atoms with Crippen LogP contribution in [0.15, 0.2) is 75.9 Å². The molecule has 3 aliphatic rings. The van der Waals surface area contributed by atoms with Crippen LogP contribution in [0.4, 0.5) is 10.1 Å². The van der Waals surface area contributed by atoms with E-state index >= 15 is 0 Å². The number of esters is 1. The lowest BCUT2D eigenvalue weighted by Gasteiger charge is -2.38. The quantitative estimate of drug-likeness (QED) is 0.448. The number of para-hydroxylation sites is 1. The number of methoxy groups -OCH3 is 1. The zero-order valence-electron chi connectivity index (χ0n) is 22.7. The van der Waals surface area contributed by atoms with Crippen molar-refractivity contribution in [2.24, 2.45) is 4.99 Å². The molecular weight excluding hydrogens is 515 g/mol. The summed E-state index contributed by atoms with van der Waals surface area (Å²) in [6.07, 6.45) is 0.180. The maximum absolute atomic E-state index is 14.3. The van der Waals surface area contributed by atoms with Gasteiger partial charge in [0.2, 0.25) is 5.91 Å². The highest BCUT2D eigenvalue weighted by Crippen LogP contribution is 2.45. The van der Waals surface area contributed by atoms with E-state index in [1.807, 2.05) is 45.2 Å². The third-order valence-corrected chi connectivity index (χ3v) is 8.37. The van der Waals surface area contributed by atoms with E-state index in [0.717, 1.165) is 16.4 Å². The van der Waals surface area contributed by atoms with E-state index in [9.17, 15) is 14.0 Å². The predicted octanol–water partition coefficient (Wildman–Crippen LogP) is 5.44. The second-order valence-corrected chi connectivity index (χ2v) is 11.0. The van der Waals surface area contributed by atoms with Crippen molar-refractivity contribution >= 4 is 34.5 Å². The minimum absolute atomic E-state index is 0.00363. The van der Waals surface area contributed by atoms with Crippen molar-refractivity contribution in [3.05, 3.63) is 87.9 Å². The molecule has 9 heteroatoms. The molecule has 0 bridgehead atoms. The molecule has 5 rings (SSSR count). The number of aliphatic imine (C=N–C) groups is 1. The van der Waals surface area contributed by atoms with Crippen molar-refractivity contribution in [1.29, 1.82) is 0 Å². The Morgan fingerprint density at radius 3 is 2.41 bits per heavy atom. The van der Waals surface area contributed by atoms with Crippen LogP contribution in [-0.2, 0) is 14.3 Å². The molecule has 3 aliphatic heterocycles. The van der Waals surface area contributed by atoms with Crippen molar-refractivity contribution < 1.29 is 18.7 Å². The molecular formula is C30H33FN4O3S. The van der Waals surface area contributed by atoms with Gasteiger partial charge in [0.1, 0.15) is 5.82 Å². The number of allylic oxidation sites excluding steroid dienone is 1. The minimum atomic E-state index is -0.446. The molecule has 0 unspecified atom stereocenters. The second-order valence-electron chi connectivity index (χ2n) is 10.2. The molecule has 0 N–H and O–H groups in total. The van der Waals surface area contributed by atoms with Gasteiger partial charge in [0.25, 0.3) is 0 Å². The lowest BCUT2D eigenvalue weighted by molar-refractivity contribution is -0.136. The van der Waals surface area contributed by atoms with Crippen LogP contribution in [0.2, 0.25) is 0 Å². The Bertz CT molecular complexity index is 1360. The number of rotatable bonds is 6. The number of halogens is 1. The predicted molar refractivity (Wildman–Crippen MR) is 153 cm³/mol. The highest BCUT2D eigenvalue weighted by Gasteiger charge is 2.41. The van der Waals surface area contributed by atoms with Crippen LogP contribution >= 0.6 is 11.8 Å². The van der Waals surface area contributed by atoms with Gasteiger partial charge in [-0.2, -0.15) is 0 Å². The first-order valence-corrected chi connectivity index (χ1v) is 14.1. The molecule has 1 amide bonds. The fourth-order valence-electron chi connectivity index (χ4n) is 5.29. The topological polar surface area (TPSA) is 65.5 Å². The molecule has 2 aromatic carbocycles. The molecule has 0 spiro atoms. The maximum atomic E-state index is 14.3. The lowest BCUT2D eigenvalue weighted by atomic mass is 9.92. The molecule has 0 saturated carbocycles. The average Bonchev–Trinajstić information content (AvgIpc) is 3.33. The summed E-state index contributed by atoms with van der Waals surface area (Å²) in [6, 6.07) is 14.5. The number of anilines is 1. The summed E-state index contributed by atoms with van der Waals surface area (Å²) in [6.45, 7) is 8.27. The lowest BCUT2D eigenvalue weighted by Crippen LogP contribution is -2.49. The number of carbonyl (C=O) groups is 2. The van der Waals surface area contributed by atoms with E-state index in [0.29, 0.717) is 49.1 Å². The van der Waals surface area contributed by atoms with E-state index in [-0.39, 0.29) is 18.1 Å². The van der Waals surface area contributed by atoms with Crippen LogP contribution in [0, 0.1) is 5.82 Å². The van der Waals surface area contributed by atoms with E-state index < -0.39 is 12.0 Å². The standard InChI is InChI=1S/C30H33FN4O3S/c1-19(2)21-9-11-22(12-10-21)28-27(29(37)38-4)20(3)32-30-35(28)23(18-39-30)17-26(36)34-15-13-33(14-16-34)25-8-6-5-7-24(25)31/h5-12,18-19,28H,13-17H2,1-4H3/t28-/m1/s1. The van der Waals surface area contributed by atoms with E-state index in [1.165, 1.54) is 30.5 Å². The molecule has 0 aromatic heterocycles. The smallest absolute Gasteiger partial charge is 0.338 e. The number of thioether (sulfide) groups is 1. The first-order chi connectivity index (χ1) is 18.8. The fourth-order valence-corrected chi connectivity index (χ4v) is 6.26. The Morgan fingerprint density at radius 1 is 1.08 bits per heavy atom. The van der Waals surface area contributed by atoms with Gasteiger partial charge < -0.3 is 19.4 Å². The molecule has 3 heterocycles. The van der Waals surface area contributed by atoms with Gasteiger partial charge in [-0.05, 0) is 41.5 Å². The van der Waals surface area contributed by atoms with Gasteiger partial charge in [0.15, 0.2) is 5.17 Å². The van der Waals surface area contributed by atoms with E-state index in [1.54, 1.807) is 12.1 Å². The average molecular weight is 549 g/mol. The molecule has 39 heavy (non-hydrogen) atoms. The number of amidine groups is 1. The molecule has 204 valence electrons. The van der Waals surface area contributed by atoms with Gasteiger partial charge >= 0.3 is 5.97 Å². The van der Waals surface area contributed by atoms with Crippen molar-refractivity contribution in [2.75, 3.05) is 38.2 Å². The number of fused-ring (bicyclic) bond motifs is 1. The first kappa shape index (κ1) is 27.0. The molecule has 0 aliphatic carbocycles. The number of hydrogen-bond acceptors (Lipinski definition) is 7. The molecule has 0 radical (unpaired) electrons. The van der Waals surface area contributed by atoms with Crippen LogP contribution in [0.3, 0.4) is 0 Å². The third kappa shape index (κ3) is 5.32. The number of amides is 1. The van der Waals surface area contributed by atoms with E-state index in [4.69, 9.17) is 9.73 Å². The van der Waals surface area contributed by atoms with Gasteiger partial charge in [-0.3, -0.25) is 4.79 Å². The molecule has 7 nitrogen and oxygen atoms in total. The number of ether oxygens (including phenoxy) is 1. The Hall–Kier alpha value is -3.59. The molecule has 1 saturated heterocycles. The van der Waals surface area contributed by atoms with Gasteiger partial charge in [0.05, 0.1) is 36.5 Å². The van der Waals surface area contributed by atoms with Crippen LogP contribution in [0.1, 0.15) is 50.3 Å². The van der Waals surface area contributed by atoms with Gasteiger partial charge in [0, 0.05) is 31.9 Å². The monoisotopic (exact) mass is 548 g/mol. The number of piperazine rings is 1. The summed E-state index contributed by atoms with van der Waals surface area (Å²) in [4.78, 5) is 36.9. The summed E-state index contributed by atoms with van der Waals surface area (Å²) in [5.41, 5.74) is 4.59. The largest absolute Gasteiger partial charge is 0.466 e. The summed E-state index contributed by atoms with van der Waals surface area (Å²) in [5.74, 6) is -0.301. The summed E-state index contributed by atoms with van der Waals surface area (Å²) >= 11 is 1.46. The second kappa shape index (κ2) is 11.3. The Kier molecular flexibility index (Phi) is 7.79. The third-order valence-electron chi connectivity index (χ3n) is 7.48. The van der Waals surface area contributed by atoms with Crippen molar-refractivity contribution in [3.8, 4) is 0 Å². The van der Waals surface area contributed by atoms with Gasteiger partial charge in [-0.1, -0.05) is 62.0 Å². The number of carbonyl (C=O) groups excluding carboxylic acids is 2. The zero-order valence-corrected chi connectivity index (χ0v) is 23.5. The first-order valence-electron chi connectivity index (χ1n) is 13.2. The molecule has 1 atom stereocenters. The SMILES string of the molecule is COC(=O)C1=C(C)N=C2SC=C(CC(=O)N3CCN(c4ccccc4F)CC3)N2[C@@H]1c1ccc(C(C)C)cc1. The number of benzene rings is 2. The van der Waals surface area contributed by atoms with Crippen LogP contribution in [-0.4, -0.2) is 60.1 Å². The molecule has 1 fully saturated rings. The highest BCUT2D eigenvalue weighted by molar-refractivity contribution is 8.16. The zero-order chi connectivity index (χ0) is 27.7. The number of hydrogen-bond donors (Lipinski definition) is 0. The Morgan fingerprint density at radius 2 is 1.77 bits per heavy atom. The Balaban J connectivity index is 1.36. The molecule has 2 aromatic rings. The normalized spacial score (nSPS) is 19.2.